The normalized spacial score (nSPS) is 12.1. The van der Waals surface area contributed by atoms with Crippen molar-refractivity contribution in [2.24, 2.45) is 0 Å². The Morgan fingerprint density at radius 1 is 1.65 bits per heavy atom. The smallest absolute Gasteiger partial charge is 0.338 e. The zero-order chi connectivity index (χ0) is 12.8. The summed E-state index contributed by atoms with van der Waals surface area (Å²) in [6.07, 6.45) is 1.21. The van der Waals surface area contributed by atoms with Crippen molar-refractivity contribution in [2.75, 3.05) is 23.4 Å². The lowest BCUT2D eigenvalue weighted by Crippen LogP contribution is -2.15. The van der Waals surface area contributed by atoms with Gasteiger partial charge in [0.05, 0.1) is 0 Å². The summed E-state index contributed by atoms with van der Waals surface area (Å²) in [7, 11) is -0.950. The highest BCUT2D eigenvalue weighted by atomic mass is 32.2. The largest absolute Gasteiger partial charge is 0.478 e. The molecule has 1 aromatic heterocycles. The number of aromatic carboxylic acids is 1. The van der Waals surface area contributed by atoms with Gasteiger partial charge in [0.25, 0.3) is 0 Å². The standard InChI is InChI=1S/C10H13FN2O3S/c1-2-17(16)6-5-13-9-8(11)7(10(14)15)3-4-12-9/h3-4H,2,5-6H2,1H3,(H,12,13)(H,14,15). The van der Waals surface area contributed by atoms with Crippen LogP contribution in [0.1, 0.15) is 17.3 Å². The van der Waals surface area contributed by atoms with E-state index in [1.807, 2.05) is 0 Å². The van der Waals surface area contributed by atoms with Gasteiger partial charge in [-0.3, -0.25) is 4.21 Å². The summed E-state index contributed by atoms with van der Waals surface area (Å²) < 4.78 is 24.7. The second kappa shape index (κ2) is 6.29. The summed E-state index contributed by atoms with van der Waals surface area (Å²) in [5.41, 5.74) is -0.431. The lowest BCUT2D eigenvalue weighted by molar-refractivity contribution is 0.0692. The number of halogens is 1. The third kappa shape index (κ3) is 3.77. The fourth-order valence-electron chi connectivity index (χ4n) is 1.16. The minimum absolute atomic E-state index is 0.127. The van der Waals surface area contributed by atoms with Crippen LogP contribution in [-0.2, 0) is 10.8 Å². The second-order valence-corrected chi connectivity index (χ2v) is 5.05. The van der Waals surface area contributed by atoms with E-state index in [-0.39, 0.29) is 12.4 Å². The summed E-state index contributed by atoms with van der Waals surface area (Å²) >= 11 is 0. The molecule has 17 heavy (non-hydrogen) atoms. The molecule has 1 aromatic rings. The predicted octanol–water partition coefficient (Wildman–Crippen LogP) is 1.10. The van der Waals surface area contributed by atoms with Crippen molar-refractivity contribution < 1.29 is 18.5 Å². The van der Waals surface area contributed by atoms with Gasteiger partial charge in [-0.05, 0) is 6.07 Å². The molecule has 0 aromatic carbocycles. The molecule has 0 saturated carbocycles. The van der Waals surface area contributed by atoms with E-state index < -0.39 is 28.1 Å². The first kappa shape index (κ1) is 13.6. The van der Waals surface area contributed by atoms with Crippen LogP contribution in [0.3, 0.4) is 0 Å². The van der Waals surface area contributed by atoms with E-state index in [0.29, 0.717) is 11.5 Å². The minimum atomic E-state index is -1.34. The van der Waals surface area contributed by atoms with Crippen molar-refractivity contribution in [1.82, 2.24) is 4.98 Å². The topological polar surface area (TPSA) is 79.3 Å². The Bertz CT molecular complexity index is 440. The molecule has 94 valence electrons. The Morgan fingerprint density at radius 3 is 2.94 bits per heavy atom. The highest BCUT2D eigenvalue weighted by Crippen LogP contribution is 2.14. The quantitative estimate of drug-likeness (QED) is 0.800. The molecule has 0 aliphatic rings. The Hall–Kier alpha value is -1.50. The first-order chi connectivity index (χ1) is 8.06. The van der Waals surface area contributed by atoms with Gasteiger partial charge in [0, 0.05) is 35.0 Å². The van der Waals surface area contributed by atoms with Crippen molar-refractivity contribution in [1.29, 1.82) is 0 Å². The van der Waals surface area contributed by atoms with Crippen molar-refractivity contribution in [2.45, 2.75) is 6.92 Å². The van der Waals surface area contributed by atoms with Crippen LogP contribution in [0.5, 0.6) is 0 Å². The monoisotopic (exact) mass is 260 g/mol. The Kier molecular flexibility index (Phi) is 5.02. The molecule has 0 spiro atoms. The van der Waals surface area contributed by atoms with Gasteiger partial charge >= 0.3 is 5.97 Å². The van der Waals surface area contributed by atoms with Gasteiger partial charge in [-0.1, -0.05) is 6.92 Å². The second-order valence-electron chi connectivity index (χ2n) is 3.19. The Morgan fingerprint density at radius 2 is 2.35 bits per heavy atom. The highest BCUT2D eigenvalue weighted by molar-refractivity contribution is 7.84. The number of carbonyl (C=O) groups is 1. The van der Waals surface area contributed by atoms with Crippen molar-refractivity contribution in [3.05, 3.63) is 23.6 Å². The number of hydrogen-bond acceptors (Lipinski definition) is 4. The van der Waals surface area contributed by atoms with Crippen molar-refractivity contribution >= 4 is 22.6 Å². The molecule has 1 rings (SSSR count). The molecule has 0 bridgehead atoms. The maximum absolute atomic E-state index is 13.5. The molecule has 0 saturated heterocycles. The molecular weight excluding hydrogens is 247 g/mol. The zero-order valence-electron chi connectivity index (χ0n) is 9.27. The number of nitrogens with zero attached hydrogens (tertiary/aromatic N) is 1. The van der Waals surface area contributed by atoms with Crippen LogP contribution < -0.4 is 5.32 Å². The van der Waals surface area contributed by atoms with Gasteiger partial charge in [-0.2, -0.15) is 0 Å². The van der Waals surface area contributed by atoms with E-state index >= 15 is 0 Å². The first-order valence-corrected chi connectivity index (χ1v) is 6.51. The third-order valence-corrected chi connectivity index (χ3v) is 3.37. The summed E-state index contributed by atoms with van der Waals surface area (Å²) in [5.74, 6) is -1.47. The van der Waals surface area contributed by atoms with Gasteiger partial charge < -0.3 is 10.4 Å². The molecule has 0 radical (unpaired) electrons. The number of aromatic nitrogens is 1. The average Bonchev–Trinajstić information content (AvgIpc) is 2.30. The zero-order valence-corrected chi connectivity index (χ0v) is 10.1. The van der Waals surface area contributed by atoms with Crippen LogP contribution in [-0.4, -0.2) is 38.3 Å². The van der Waals surface area contributed by atoms with E-state index in [4.69, 9.17) is 5.11 Å². The summed E-state index contributed by atoms with van der Waals surface area (Å²) in [6, 6.07) is 1.09. The van der Waals surface area contributed by atoms with Gasteiger partial charge in [0.2, 0.25) is 0 Å². The average molecular weight is 260 g/mol. The molecule has 5 nitrogen and oxygen atoms in total. The molecule has 7 heteroatoms. The number of carboxylic acid groups (broad SMARTS) is 1. The number of rotatable bonds is 6. The van der Waals surface area contributed by atoms with Crippen LogP contribution in [0.2, 0.25) is 0 Å². The maximum Gasteiger partial charge on any atom is 0.338 e. The van der Waals surface area contributed by atoms with Gasteiger partial charge in [0.15, 0.2) is 11.6 Å². The van der Waals surface area contributed by atoms with Crippen molar-refractivity contribution in [3.63, 3.8) is 0 Å². The van der Waals surface area contributed by atoms with Crippen LogP contribution >= 0.6 is 0 Å². The summed E-state index contributed by atoms with van der Waals surface area (Å²) in [5, 5.41) is 11.3. The van der Waals surface area contributed by atoms with Crippen LogP contribution in [0, 0.1) is 5.82 Å². The number of hydrogen-bond donors (Lipinski definition) is 2. The molecular formula is C10H13FN2O3S. The third-order valence-electron chi connectivity index (χ3n) is 2.06. The molecule has 0 fully saturated rings. The van der Waals surface area contributed by atoms with E-state index in [2.05, 4.69) is 10.3 Å². The number of pyridine rings is 1. The first-order valence-electron chi connectivity index (χ1n) is 5.03. The van der Waals surface area contributed by atoms with Gasteiger partial charge in [-0.15, -0.1) is 0 Å². The molecule has 1 atom stereocenters. The fourth-order valence-corrected chi connectivity index (χ4v) is 1.78. The fraction of sp³-hybridized carbons (Fsp3) is 0.400. The number of carboxylic acids is 1. The lowest BCUT2D eigenvalue weighted by Gasteiger charge is -2.07. The summed E-state index contributed by atoms with van der Waals surface area (Å²) in [4.78, 5) is 14.4. The van der Waals surface area contributed by atoms with Gasteiger partial charge in [-0.25, -0.2) is 14.2 Å². The molecule has 0 amide bonds. The number of anilines is 1. The van der Waals surface area contributed by atoms with Crippen molar-refractivity contribution in [3.8, 4) is 0 Å². The SMILES string of the molecule is CCS(=O)CCNc1nccc(C(=O)O)c1F. The molecule has 0 aliphatic heterocycles. The van der Waals surface area contributed by atoms with Crippen LogP contribution in [0.25, 0.3) is 0 Å². The van der Waals surface area contributed by atoms with Crippen LogP contribution in [0.4, 0.5) is 10.2 Å². The molecule has 1 unspecified atom stereocenters. The minimum Gasteiger partial charge on any atom is -0.478 e. The van der Waals surface area contributed by atoms with E-state index in [1.165, 1.54) is 6.20 Å². The Balaban J connectivity index is 2.69. The van der Waals surface area contributed by atoms with E-state index in [0.717, 1.165) is 6.07 Å². The molecule has 0 aliphatic carbocycles. The lowest BCUT2D eigenvalue weighted by atomic mass is 10.2. The summed E-state index contributed by atoms with van der Waals surface area (Å²) in [6.45, 7) is 2.08. The number of nitrogens with one attached hydrogen (secondary N) is 1. The van der Waals surface area contributed by atoms with E-state index in [9.17, 15) is 13.4 Å². The molecule has 1 heterocycles. The maximum atomic E-state index is 13.5. The molecule has 2 N–H and O–H groups in total. The van der Waals surface area contributed by atoms with Crippen LogP contribution in [0.15, 0.2) is 12.3 Å². The Labute approximate surface area is 101 Å². The highest BCUT2D eigenvalue weighted by Gasteiger charge is 2.14. The van der Waals surface area contributed by atoms with E-state index in [1.54, 1.807) is 6.92 Å². The van der Waals surface area contributed by atoms with Gasteiger partial charge in [0.1, 0.15) is 5.56 Å². The predicted molar refractivity (Wildman–Crippen MR) is 63.2 cm³/mol.